The van der Waals surface area contributed by atoms with Crippen molar-refractivity contribution in [1.29, 1.82) is 0 Å². The fourth-order valence-corrected chi connectivity index (χ4v) is 2.19. The Morgan fingerprint density at radius 3 is 2.67 bits per heavy atom. The van der Waals surface area contributed by atoms with Crippen molar-refractivity contribution in [3.8, 4) is 11.5 Å². The molecule has 0 fully saturated rings. The topological polar surface area (TPSA) is 85.2 Å². The third kappa shape index (κ3) is 2.43. The number of nitrogens with zero attached hydrogens (tertiary/aromatic N) is 1. The number of nitrogens with one attached hydrogen (secondary N) is 2. The van der Waals surface area contributed by atoms with E-state index in [-0.39, 0.29) is 0 Å². The van der Waals surface area contributed by atoms with Gasteiger partial charge in [0.05, 0.1) is 37.3 Å². The molecule has 4 N–H and O–H groups in total. The lowest BCUT2D eigenvalue weighted by molar-refractivity contribution is 0.355. The molecule has 1 aromatic heterocycles. The van der Waals surface area contributed by atoms with E-state index in [1.54, 1.807) is 20.4 Å². The van der Waals surface area contributed by atoms with Gasteiger partial charge in [0.2, 0.25) is 0 Å². The van der Waals surface area contributed by atoms with Gasteiger partial charge in [-0.15, -0.1) is 0 Å². The van der Waals surface area contributed by atoms with E-state index in [0.29, 0.717) is 17.2 Å². The Morgan fingerprint density at radius 1 is 1.10 bits per heavy atom. The van der Waals surface area contributed by atoms with Gasteiger partial charge in [-0.2, -0.15) is 5.10 Å². The van der Waals surface area contributed by atoms with Crippen molar-refractivity contribution in [3.05, 3.63) is 36.5 Å². The highest BCUT2D eigenvalue weighted by Gasteiger charge is 2.07. The summed E-state index contributed by atoms with van der Waals surface area (Å²) in [6.45, 7) is 0. The molecule has 6 heteroatoms. The maximum absolute atomic E-state index is 6.06. The molecule has 0 unspecified atom stereocenters. The van der Waals surface area contributed by atoms with Crippen LogP contribution in [0.15, 0.2) is 36.5 Å². The first-order valence-electron chi connectivity index (χ1n) is 6.43. The Balaban J connectivity index is 1.96. The highest BCUT2D eigenvalue weighted by atomic mass is 16.5. The zero-order valence-corrected chi connectivity index (χ0v) is 11.8. The summed E-state index contributed by atoms with van der Waals surface area (Å²) in [5.41, 5.74) is 9.30. The van der Waals surface area contributed by atoms with Gasteiger partial charge in [0.25, 0.3) is 0 Å². The molecule has 108 valence electrons. The van der Waals surface area contributed by atoms with E-state index in [1.165, 1.54) is 0 Å². The van der Waals surface area contributed by atoms with Gasteiger partial charge in [0.15, 0.2) is 11.5 Å². The zero-order valence-electron chi connectivity index (χ0n) is 11.8. The Bertz CT molecular complexity index is 782. The first-order valence-corrected chi connectivity index (χ1v) is 6.43. The fraction of sp³-hybridized carbons (Fsp3) is 0.133. The number of rotatable bonds is 4. The minimum Gasteiger partial charge on any atom is -0.493 e. The number of H-pyrrole nitrogens is 1. The second kappa shape index (κ2) is 5.24. The zero-order chi connectivity index (χ0) is 14.8. The first-order chi connectivity index (χ1) is 10.2. The van der Waals surface area contributed by atoms with Gasteiger partial charge in [-0.3, -0.25) is 5.10 Å². The molecule has 21 heavy (non-hydrogen) atoms. The van der Waals surface area contributed by atoms with Crippen LogP contribution in [0.3, 0.4) is 0 Å². The Morgan fingerprint density at radius 2 is 1.90 bits per heavy atom. The van der Waals surface area contributed by atoms with Gasteiger partial charge in [-0.05, 0) is 24.3 Å². The third-order valence-electron chi connectivity index (χ3n) is 3.27. The highest BCUT2D eigenvalue weighted by molar-refractivity contribution is 5.90. The summed E-state index contributed by atoms with van der Waals surface area (Å²) in [5.74, 6) is 1.34. The van der Waals surface area contributed by atoms with E-state index in [1.807, 2.05) is 30.3 Å². The second-order valence-corrected chi connectivity index (χ2v) is 4.59. The molecule has 0 aliphatic heterocycles. The number of hydrogen-bond acceptors (Lipinski definition) is 5. The summed E-state index contributed by atoms with van der Waals surface area (Å²) >= 11 is 0. The molecule has 0 radical (unpaired) electrons. The van der Waals surface area contributed by atoms with Crippen LogP contribution in [0.1, 0.15) is 0 Å². The van der Waals surface area contributed by atoms with Crippen molar-refractivity contribution in [2.45, 2.75) is 0 Å². The predicted octanol–water partition coefficient (Wildman–Crippen LogP) is 2.91. The molecule has 6 nitrogen and oxygen atoms in total. The molecule has 0 aliphatic carbocycles. The molecular weight excluding hydrogens is 268 g/mol. The summed E-state index contributed by atoms with van der Waals surface area (Å²) in [6, 6.07) is 9.40. The molecule has 3 rings (SSSR count). The van der Waals surface area contributed by atoms with E-state index in [0.717, 1.165) is 22.3 Å². The Labute approximate surface area is 121 Å². The van der Waals surface area contributed by atoms with Crippen molar-refractivity contribution < 1.29 is 9.47 Å². The lowest BCUT2D eigenvalue weighted by Gasteiger charge is -2.12. The molecule has 3 aromatic rings. The van der Waals surface area contributed by atoms with Crippen LogP contribution in [0, 0.1) is 0 Å². The van der Waals surface area contributed by atoms with Crippen LogP contribution >= 0.6 is 0 Å². The minimum absolute atomic E-state index is 0.652. The van der Waals surface area contributed by atoms with Crippen molar-refractivity contribution >= 4 is 28.0 Å². The molecule has 0 atom stereocenters. The maximum atomic E-state index is 6.06. The van der Waals surface area contributed by atoms with Crippen LogP contribution < -0.4 is 20.5 Å². The first kappa shape index (κ1) is 13.1. The summed E-state index contributed by atoms with van der Waals surface area (Å²) < 4.78 is 10.5. The van der Waals surface area contributed by atoms with Gasteiger partial charge in [-0.1, -0.05) is 0 Å². The number of nitrogen functional groups attached to an aromatic ring is 1. The van der Waals surface area contributed by atoms with Crippen LogP contribution in [0.2, 0.25) is 0 Å². The minimum atomic E-state index is 0.652. The maximum Gasteiger partial charge on any atom is 0.162 e. The summed E-state index contributed by atoms with van der Waals surface area (Å²) in [7, 11) is 3.21. The SMILES string of the molecule is COc1ccc(Nc2cc3[nH]ncc3cc2N)cc1OC. The van der Waals surface area contributed by atoms with Crippen LogP contribution in [0.4, 0.5) is 17.1 Å². The van der Waals surface area contributed by atoms with E-state index in [4.69, 9.17) is 15.2 Å². The number of benzene rings is 2. The lowest BCUT2D eigenvalue weighted by atomic mass is 10.2. The number of aromatic amines is 1. The highest BCUT2D eigenvalue weighted by Crippen LogP contribution is 2.33. The number of methoxy groups -OCH3 is 2. The summed E-state index contributed by atoms with van der Waals surface area (Å²) in [5, 5.41) is 11.2. The number of hydrogen-bond donors (Lipinski definition) is 3. The third-order valence-corrected chi connectivity index (χ3v) is 3.27. The van der Waals surface area contributed by atoms with Crippen molar-refractivity contribution in [3.63, 3.8) is 0 Å². The van der Waals surface area contributed by atoms with E-state index >= 15 is 0 Å². The molecule has 1 heterocycles. The molecule has 0 aliphatic rings. The Kier molecular flexibility index (Phi) is 3.27. The number of anilines is 3. The van der Waals surface area contributed by atoms with E-state index < -0.39 is 0 Å². The molecular formula is C15H16N4O2. The lowest BCUT2D eigenvalue weighted by Crippen LogP contribution is -1.97. The van der Waals surface area contributed by atoms with E-state index in [9.17, 15) is 0 Å². The monoisotopic (exact) mass is 284 g/mol. The molecule has 0 saturated carbocycles. The molecule has 0 saturated heterocycles. The van der Waals surface area contributed by atoms with Gasteiger partial charge >= 0.3 is 0 Å². The average Bonchev–Trinajstić information content (AvgIpc) is 2.94. The smallest absolute Gasteiger partial charge is 0.162 e. The number of aromatic nitrogens is 2. The van der Waals surface area contributed by atoms with Crippen molar-refractivity contribution in [2.24, 2.45) is 0 Å². The van der Waals surface area contributed by atoms with Gasteiger partial charge in [0, 0.05) is 17.1 Å². The Hall–Kier alpha value is -2.89. The molecule has 2 aromatic carbocycles. The fourth-order valence-electron chi connectivity index (χ4n) is 2.19. The quantitative estimate of drug-likeness (QED) is 0.641. The standard InChI is InChI=1S/C15H16N4O2/c1-20-14-4-3-10(6-15(14)21-2)18-13-7-12-9(5-11(13)16)8-17-19-12/h3-8,18H,16H2,1-2H3,(H,17,19). The molecule has 0 bridgehead atoms. The molecule has 0 spiro atoms. The van der Waals surface area contributed by atoms with Crippen molar-refractivity contribution in [1.82, 2.24) is 10.2 Å². The van der Waals surface area contributed by atoms with Crippen molar-refractivity contribution in [2.75, 3.05) is 25.3 Å². The average molecular weight is 284 g/mol. The van der Waals surface area contributed by atoms with E-state index in [2.05, 4.69) is 15.5 Å². The number of ether oxygens (including phenoxy) is 2. The van der Waals surface area contributed by atoms with Gasteiger partial charge < -0.3 is 20.5 Å². The largest absolute Gasteiger partial charge is 0.493 e. The van der Waals surface area contributed by atoms with Crippen LogP contribution in [-0.2, 0) is 0 Å². The number of fused-ring (bicyclic) bond motifs is 1. The number of nitrogens with two attached hydrogens (primary N) is 1. The predicted molar refractivity (Wildman–Crippen MR) is 83.3 cm³/mol. The normalized spacial score (nSPS) is 10.6. The second-order valence-electron chi connectivity index (χ2n) is 4.59. The van der Waals surface area contributed by atoms with Crippen LogP contribution in [0.25, 0.3) is 10.9 Å². The summed E-state index contributed by atoms with van der Waals surface area (Å²) in [6.07, 6.45) is 1.74. The van der Waals surface area contributed by atoms with Crippen LogP contribution in [-0.4, -0.2) is 24.4 Å². The molecule has 0 amide bonds. The summed E-state index contributed by atoms with van der Waals surface area (Å²) in [4.78, 5) is 0. The van der Waals surface area contributed by atoms with Gasteiger partial charge in [-0.25, -0.2) is 0 Å². The van der Waals surface area contributed by atoms with Crippen LogP contribution in [0.5, 0.6) is 11.5 Å². The van der Waals surface area contributed by atoms with Gasteiger partial charge in [0.1, 0.15) is 0 Å².